The Bertz CT molecular complexity index is 508. The van der Waals surface area contributed by atoms with Gasteiger partial charge >= 0.3 is 24.0 Å². The topological polar surface area (TPSA) is 129 Å². The minimum absolute atomic E-state index is 0.251. The molecule has 2 unspecified atom stereocenters. The van der Waals surface area contributed by atoms with Gasteiger partial charge in [-0.05, 0) is 45.2 Å². The van der Waals surface area contributed by atoms with E-state index in [1.807, 2.05) is 13.8 Å². The SMILES string of the molecule is CCCC(=O)OC(C)OC(=O)CCCNCCCCCNC(=O)OC(C)OC(=O)CCC. The molecule has 0 spiro atoms. The molecule has 0 heterocycles. The Labute approximate surface area is 191 Å². The van der Waals surface area contributed by atoms with Crippen molar-refractivity contribution in [3.05, 3.63) is 0 Å². The Morgan fingerprint density at radius 1 is 0.625 bits per heavy atom. The number of ether oxygens (including phenoxy) is 4. The minimum atomic E-state index is -0.908. The van der Waals surface area contributed by atoms with Crippen molar-refractivity contribution in [3.63, 3.8) is 0 Å². The van der Waals surface area contributed by atoms with Gasteiger partial charge in [0.15, 0.2) is 0 Å². The van der Waals surface area contributed by atoms with E-state index in [4.69, 9.17) is 18.9 Å². The first-order valence-corrected chi connectivity index (χ1v) is 11.5. The van der Waals surface area contributed by atoms with Crippen LogP contribution < -0.4 is 10.6 Å². The average molecular weight is 461 g/mol. The molecule has 0 aromatic rings. The molecule has 186 valence electrons. The van der Waals surface area contributed by atoms with Crippen LogP contribution in [-0.4, -0.2) is 56.2 Å². The number of amides is 1. The van der Waals surface area contributed by atoms with E-state index in [0.717, 1.165) is 25.8 Å². The average Bonchev–Trinajstić information content (AvgIpc) is 2.69. The summed E-state index contributed by atoms with van der Waals surface area (Å²) in [5.41, 5.74) is 0. The maximum Gasteiger partial charge on any atom is 0.410 e. The highest BCUT2D eigenvalue weighted by molar-refractivity contribution is 5.71. The molecule has 10 nitrogen and oxygen atoms in total. The zero-order valence-electron chi connectivity index (χ0n) is 19.9. The van der Waals surface area contributed by atoms with Gasteiger partial charge in [-0.2, -0.15) is 0 Å². The molecular weight excluding hydrogens is 420 g/mol. The van der Waals surface area contributed by atoms with Crippen LogP contribution in [0.1, 0.15) is 85.5 Å². The summed E-state index contributed by atoms with van der Waals surface area (Å²) in [5, 5.41) is 5.86. The summed E-state index contributed by atoms with van der Waals surface area (Å²) in [7, 11) is 0. The number of hydrogen-bond donors (Lipinski definition) is 2. The third-order valence-electron chi connectivity index (χ3n) is 4.11. The van der Waals surface area contributed by atoms with Gasteiger partial charge in [0, 0.05) is 39.7 Å². The van der Waals surface area contributed by atoms with E-state index < -0.39 is 24.6 Å². The molecule has 0 bridgehead atoms. The van der Waals surface area contributed by atoms with Crippen molar-refractivity contribution in [2.45, 2.75) is 98.1 Å². The number of carbonyl (C=O) groups is 4. The summed E-state index contributed by atoms with van der Waals surface area (Å²) in [6, 6.07) is 0. The predicted octanol–water partition coefficient (Wildman–Crippen LogP) is 3.17. The molecular formula is C22H40N2O8. The lowest BCUT2D eigenvalue weighted by atomic mass is 10.2. The molecule has 0 aromatic carbocycles. The lowest BCUT2D eigenvalue weighted by Crippen LogP contribution is -2.30. The van der Waals surface area contributed by atoms with Crippen molar-refractivity contribution >= 4 is 24.0 Å². The van der Waals surface area contributed by atoms with Crippen LogP contribution in [0.3, 0.4) is 0 Å². The third-order valence-corrected chi connectivity index (χ3v) is 4.11. The zero-order chi connectivity index (χ0) is 24.2. The molecule has 2 atom stereocenters. The molecule has 1 amide bonds. The van der Waals surface area contributed by atoms with Crippen LogP contribution in [0.4, 0.5) is 4.79 Å². The number of alkyl carbamates (subject to hydrolysis) is 1. The summed E-state index contributed by atoms with van der Waals surface area (Å²) < 4.78 is 19.9. The van der Waals surface area contributed by atoms with Gasteiger partial charge < -0.3 is 29.6 Å². The summed E-state index contributed by atoms with van der Waals surface area (Å²) >= 11 is 0. The van der Waals surface area contributed by atoms with Crippen molar-refractivity contribution in [3.8, 4) is 0 Å². The quantitative estimate of drug-likeness (QED) is 0.180. The molecule has 0 aromatic heterocycles. The highest BCUT2D eigenvalue weighted by atomic mass is 16.7. The summed E-state index contributed by atoms with van der Waals surface area (Å²) in [6.07, 6.45) is 3.10. The number of nitrogens with one attached hydrogen (secondary N) is 2. The largest absolute Gasteiger partial charge is 0.425 e. The molecule has 0 aliphatic carbocycles. The Morgan fingerprint density at radius 2 is 1.09 bits per heavy atom. The van der Waals surface area contributed by atoms with Crippen molar-refractivity contribution in [1.29, 1.82) is 0 Å². The van der Waals surface area contributed by atoms with E-state index in [-0.39, 0.29) is 18.4 Å². The Morgan fingerprint density at radius 3 is 1.66 bits per heavy atom. The zero-order valence-corrected chi connectivity index (χ0v) is 19.9. The number of unbranched alkanes of at least 4 members (excludes halogenated alkanes) is 2. The van der Waals surface area contributed by atoms with E-state index in [1.54, 1.807) is 0 Å². The Hall–Kier alpha value is -2.36. The smallest absolute Gasteiger partial charge is 0.410 e. The van der Waals surface area contributed by atoms with Gasteiger partial charge in [0.25, 0.3) is 0 Å². The fourth-order valence-electron chi connectivity index (χ4n) is 2.61. The van der Waals surface area contributed by atoms with Crippen molar-refractivity contribution < 1.29 is 38.1 Å². The van der Waals surface area contributed by atoms with Gasteiger partial charge in [0.1, 0.15) is 0 Å². The normalized spacial score (nSPS) is 12.4. The molecule has 0 aliphatic rings. The highest BCUT2D eigenvalue weighted by Gasteiger charge is 2.14. The number of carbonyl (C=O) groups excluding carboxylic acids is 4. The first-order valence-electron chi connectivity index (χ1n) is 11.5. The number of rotatable bonds is 18. The first kappa shape index (κ1) is 29.6. The first-order chi connectivity index (χ1) is 15.3. The van der Waals surface area contributed by atoms with Gasteiger partial charge in [0.2, 0.25) is 12.6 Å². The van der Waals surface area contributed by atoms with E-state index in [0.29, 0.717) is 45.2 Å². The van der Waals surface area contributed by atoms with Gasteiger partial charge in [-0.15, -0.1) is 0 Å². The Balaban J connectivity index is 3.55. The molecule has 0 fully saturated rings. The van der Waals surface area contributed by atoms with E-state index in [9.17, 15) is 19.2 Å². The van der Waals surface area contributed by atoms with Crippen LogP contribution in [0.25, 0.3) is 0 Å². The molecule has 0 aliphatic heterocycles. The minimum Gasteiger partial charge on any atom is -0.425 e. The third kappa shape index (κ3) is 18.4. The van der Waals surface area contributed by atoms with Crippen molar-refractivity contribution in [1.82, 2.24) is 10.6 Å². The second-order valence-corrected chi connectivity index (χ2v) is 7.35. The van der Waals surface area contributed by atoms with Crippen LogP contribution in [-0.2, 0) is 33.3 Å². The lowest BCUT2D eigenvalue weighted by Gasteiger charge is -2.14. The van der Waals surface area contributed by atoms with Gasteiger partial charge in [0.05, 0.1) is 0 Å². The van der Waals surface area contributed by atoms with E-state index >= 15 is 0 Å². The second-order valence-electron chi connectivity index (χ2n) is 7.35. The van der Waals surface area contributed by atoms with Gasteiger partial charge in [-0.3, -0.25) is 14.4 Å². The Kier molecular flexibility index (Phi) is 17.9. The predicted molar refractivity (Wildman–Crippen MR) is 117 cm³/mol. The molecule has 2 N–H and O–H groups in total. The highest BCUT2D eigenvalue weighted by Crippen LogP contribution is 2.03. The fourth-order valence-corrected chi connectivity index (χ4v) is 2.61. The lowest BCUT2D eigenvalue weighted by molar-refractivity contribution is -0.184. The van der Waals surface area contributed by atoms with Crippen LogP contribution in [0.15, 0.2) is 0 Å². The van der Waals surface area contributed by atoms with Gasteiger partial charge in [-0.25, -0.2) is 4.79 Å². The standard InChI is InChI=1S/C22H40N2O8/c1-5-11-19(25)29-17(3)30-21(27)13-10-15-23-14-8-7-9-16-24-22(28)32-18(4)31-20(26)12-6-2/h17-18,23H,5-16H2,1-4H3,(H,24,28). The fraction of sp³-hybridized carbons (Fsp3) is 0.818. The number of hydrogen-bond acceptors (Lipinski definition) is 9. The van der Waals surface area contributed by atoms with E-state index in [2.05, 4.69) is 10.6 Å². The molecule has 0 saturated heterocycles. The van der Waals surface area contributed by atoms with Crippen LogP contribution in [0.2, 0.25) is 0 Å². The summed E-state index contributed by atoms with van der Waals surface area (Å²) in [4.78, 5) is 45.9. The van der Waals surface area contributed by atoms with Gasteiger partial charge in [-0.1, -0.05) is 20.3 Å². The van der Waals surface area contributed by atoms with Crippen LogP contribution in [0, 0.1) is 0 Å². The maximum atomic E-state index is 11.7. The molecule has 0 rings (SSSR count). The number of esters is 3. The summed E-state index contributed by atoms with van der Waals surface area (Å²) in [6.45, 7) is 8.72. The molecule has 10 heteroatoms. The van der Waals surface area contributed by atoms with Crippen LogP contribution >= 0.6 is 0 Å². The summed E-state index contributed by atoms with van der Waals surface area (Å²) in [5.74, 6) is -1.15. The van der Waals surface area contributed by atoms with E-state index in [1.165, 1.54) is 13.8 Å². The van der Waals surface area contributed by atoms with Crippen molar-refractivity contribution in [2.75, 3.05) is 19.6 Å². The second kappa shape index (κ2) is 19.3. The monoisotopic (exact) mass is 460 g/mol. The van der Waals surface area contributed by atoms with Crippen LogP contribution in [0.5, 0.6) is 0 Å². The molecule has 0 radical (unpaired) electrons. The molecule has 0 saturated carbocycles. The van der Waals surface area contributed by atoms with Crippen molar-refractivity contribution in [2.24, 2.45) is 0 Å². The molecule has 32 heavy (non-hydrogen) atoms. The maximum absolute atomic E-state index is 11.7.